The Bertz CT molecular complexity index is 862. The van der Waals surface area contributed by atoms with Gasteiger partial charge in [-0.25, -0.2) is 4.39 Å². The molecule has 2 aromatic carbocycles. The van der Waals surface area contributed by atoms with Crippen LogP contribution in [0.5, 0.6) is 11.5 Å². The van der Waals surface area contributed by atoms with E-state index in [0.29, 0.717) is 24.0 Å². The fourth-order valence-corrected chi connectivity index (χ4v) is 4.16. The second-order valence-corrected chi connectivity index (χ2v) is 7.53. The molecule has 29 heavy (non-hydrogen) atoms. The first-order valence-electron chi connectivity index (χ1n) is 9.91. The molecule has 0 aliphatic carbocycles. The van der Waals surface area contributed by atoms with Crippen LogP contribution in [0, 0.1) is 5.82 Å². The van der Waals surface area contributed by atoms with Crippen LogP contribution in [0.15, 0.2) is 36.4 Å². The number of thiocarbonyl (C=S) groups is 1. The number of hydrogen-bond donors (Lipinski definition) is 3. The van der Waals surface area contributed by atoms with E-state index >= 15 is 0 Å². The van der Waals surface area contributed by atoms with Crippen LogP contribution < -0.4 is 25.0 Å². The zero-order valence-corrected chi connectivity index (χ0v) is 18.0. The second-order valence-electron chi connectivity index (χ2n) is 7.13. The molecule has 0 radical (unpaired) electrons. The topological polar surface area (TPSA) is 47.0 Å². The fraction of sp³-hybridized carbons (Fsp3) is 0.409. The van der Waals surface area contributed by atoms with E-state index in [0.717, 1.165) is 30.8 Å². The van der Waals surface area contributed by atoms with Crippen molar-refractivity contribution >= 4 is 17.3 Å². The van der Waals surface area contributed by atoms with Crippen molar-refractivity contribution in [2.45, 2.75) is 25.9 Å². The molecule has 1 heterocycles. The van der Waals surface area contributed by atoms with Crippen molar-refractivity contribution < 1.29 is 18.8 Å². The lowest BCUT2D eigenvalue weighted by atomic mass is 9.91. The summed E-state index contributed by atoms with van der Waals surface area (Å²) in [5.41, 5.74) is 3.15. The van der Waals surface area contributed by atoms with Crippen LogP contribution in [0.3, 0.4) is 0 Å². The molecular weight excluding hydrogens is 389 g/mol. The van der Waals surface area contributed by atoms with Crippen molar-refractivity contribution in [1.82, 2.24) is 10.6 Å². The summed E-state index contributed by atoms with van der Waals surface area (Å²) in [4.78, 5) is 1.29. The van der Waals surface area contributed by atoms with E-state index in [1.54, 1.807) is 20.3 Å². The highest BCUT2D eigenvalue weighted by atomic mass is 32.1. The Labute approximate surface area is 177 Å². The van der Waals surface area contributed by atoms with Crippen molar-refractivity contribution in [3.8, 4) is 11.5 Å². The van der Waals surface area contributed by atoms with Crippen LogP contribution >= 0.6 is 12.2 Å². The first-order valence-corrected chi connectivity index (χ1v) is 10.3. The normalized spacial score (nSPS) is 17.9. The zero-order chi connectivity index (χ0) is 20.8. The maximum atomic E-state index is 14.3. The van der Waals surface area contributed by atoms with Gasteiger partial charge in [0.2, 0.25) is 0 Å². The highest BCUT2D eigenvalue weighted by molar-refractivity contribution is 7.80. The summed E-state index contributed by atoms with van der Waals surface area (Å²) in [5.74, 6) is 1.28. The average molecular weight is 419 g/mol. The Morgan fingerprint density at radius 3 is 2.59 bits per heavy atom. The Hall–Kier alpha value is -2.38. The number of benzene rings is 2. The molecule has 3 N–H and O–H groups in total. The molecule has 0 spiro atoms. The number of halogens is 1. The molecule has 0 bridgehead atoms. The lowest BCUT2D eigenvalue weighted by Gasteiger charge is -2.35. The number of hydrogen-bond acceptors (Lipinski definition) is 3. The molecule has 1 aliphatic rings. The lowest BCUT2D eigenvalue weighted by Crippen LogP contribution is -3.12. The molecule has 3 rings (SSSR count). The van der Waals surface area contributed by atoms with Gasteiger partial charge in [-0.3, -0.25) is 0 Å². The summed E-state index contributed by atoms with van der Waals surface area (Å²) in [7, 11) is 3.29. The molecule has 1 aliphatic heterocycles. The average Bonchev–Trinajstić information content (AvgIpc) is 2.73. The summed E-state index contributed by atoms with van der Waals surface area (Å²) in [6.45, 7) is 4.94. The number of nitrogens with one attached hydrogen (secondary N) is 3. The van der Waals surface area contributed by atoms with Crippen LogP contribution in [0.25, 0.3) is 0 Å². The van der Waals surface area contributed by atoms with Gasteiger partial charge in [-0.2, -0.15) is 0 Å². The largest absolute Gasteiger partial charge is 0.493 e. The van der Waals surface area contributed by atoms with Gasteiger partial charge in [0.25, 0.3) is 0 Å². The molecule has 2 atom stereocenters. The number of quaternary nitrogens is 1. The van der Waals surface area contributed by atoms with Crippen molar-refractivity contribution in [2.75, 3.05) is 33.9 Å². The number of fused-ring (bicyclic) bond motifs is 1. The minimum absolute atomic E-state index is 0.106. The maximum absolute atomic E-state index is 14.3. The van der Waals surface area contributed by atoms with E-state index in [2.05, 4.69) is 22.8 Å². The fourth-order valence-electron chi connectivity index (χ4n) is 3.94. The summed E-state index contributed by atoms with van der Waals surface area (Å²) < 4.78 is 25.3. The third-order valence-corrected chi connectivity index (χ3v) is 5.70. The third kappa shape index (κ3) is 4.97. The standard InChI is InChI=1S/C22H28FN3O2S/c1-4-24-22(29)25-13-19-17-12-21(28-3)20(27-2)11-15(17)9-10-26(19)14-16-7-5-6-8-18(16)23/h5-8,11-12,19H,4,9-10,13-14H2,1-3H3,(H2,24,25,29)/p+1/t19-/m0/s1. The molecule has 156 valence electrons. The monoisotopic (exact) mass is 418 g/mol. The molecule has 7 heteroatoms. The zero-order valence-electron chi connectivity index (χ0n) is 17.2. The molecular formula is C22H29FN3O2S+. The minimum atomic E-state index is -0.159. The van der Waals surface area contributed by atoms with Gasteiger partial charge in [-0.1, -0.05) is 18.2 Å². The highest BCUT2D eigenvalue weighted by Gasteiger charge is 2.33. The van der Waals surface area contributed by atoms with Gasteiger partial charge >= 0.3 is 0 Å². The van der Waals surface area contributed by atoms with E-state index < -0.39 is 0 Å². The van der Waals surface area contributed by atoms with Gasteiger partial charge in [0.15, 0.2) is 16.6 Å². The molecule has 1 unspecified atom stereocenters. The summed E-state index contributed by atoms with van der Waals surface area (Å²) in [6.07, 6.45) is 0.896. The van der Waals surface area contributed by atoms with E-state index in [4.69, 9.17) is 21.7 Å². The number of ether oxygens (including phenoxy) is 2. The maximum Gasteiger partial charge on any atom is 0.166 e. The van der Waals surface area contributed by atoms with Crippen molar-refractivity contribution in [1.29, 1.82) is 0 Å². The molecule has 0 fully saturated rings. The molecule has 5 nitrogen and oxygen atoms in total. The van der Waals surface area contributed by atoms with Crippen LogP contribution in [0.4, 0.5) is 4.39 Å². The smallest absolute Gasteiger partial charge is 0.166 e. The predicted octanol–water partition coefficient (Wildman–Crippen LogP) is 2.01. The first kappa shape index (κ1) is 21.3. The van der Waals surface area contributed by atoms with Crippen LogP contribution in [0.1, 0.15) is 29.7 Å². The summed E-state index contributed by atoms with van der Waals surface area (Å²) >= 11 is 5.36. The second kappa shape index (κ2) is 9.89. The Balaban J connectivity index is 1.92. The molecule has 0 saturated carbocycles. The molecule has 0 saturated heterocycles. The Morgan fingerprint density at radius 2 is 1.90 bits per heavy atom. The van der Waals surface area contributed by atoms with E-state index in [1.807, 2.05) is 19.1 Å². The van der Waals surface area contributed by atoms with Gasteiger partial charge in [0, 0.05) is 24.1 Å². The van der Waals surface area contributed by atoms with Crippen LogP contribution in [0.2, 0.25) is 0 Å². The van der Waals surface area contributed by atoms with Crippen molar-refractivity contribution in [3.05, 3.63) is 58.9 Å². The van der Waals surface area contributed by atoms with Gasteiger partial charge in [0.1, 0.15) is 18.4 Å². The predicted molar refractivity (Wildman–Crippen MR) is 116 cm³/mol. The highest BCUT2D eigenvalue weighted by Crippen LogP contribution is 2.34. The Kier molecular flexibility index (Phi) is 7.28. The van der Waals surface area contributed by atoms with Gasteiger partial charge < -0.3 is 25.0 Å². The quantitative estimate of drug-likeness (QED) is 0.601. The molecule has 0 amide bonds. The molecule has 0 aromatic heterocycles. The van der Waals surface area contributed by atoms with Crippen molar-refractivity contribution in [3.63, 3.8) is 0 Å². The minimum Gasteiger partial charge on any atom is -0.493 e. The molecule has 2 aromatic rings. The third-order valence-electron chi connectivity index (χ3n) is 5.41. The van der Waals surface area contributed by atoms with Gasteiger partial charge in [-0.05, 0) is 42.9 Å². The lowest BCUT2D eigenvalue weighted by molar-refractivity contribution is -0.946. The van der Waals surface area contributed by atoms with E-state index in [1.165, 1.54) is 22.1 Å². The summed E-state index contributed by atoms with van der Waals surface area (Å²) in [6, 6.07) is 11.2. The number of methoxy groups -OCH3 is 2. The SMILES string of the molecule is CCNC(=S)NC[C@H]1c2cc(OC)c(OC)cc2CC[NH+]1Cc1ccccc1F. The Morgan fingerprint density at radius 1 is 1.17 bits per heavy atom. The van der Waals surface area contributed by atoms with Crippen molar-refractivity contribution in [2.24, 2.45) is 0 Å². The number of rotatable bonds is 7. The van der Waals surface area contributed by atoms with Gasteiger partial charge in [-0.15, -0.1) is 0 Å². The summed E-state index contributed by atoms with van der Waals surface area (Å²) in [5, 5.41) is 7.08. The van der Waals surface area contributed by atoms with Gasteiger partial charge in [0.05, 0.1) is 27.3 Å². The first-order chi connectivity index (χ1) is 14.1. The van der Waals surface area contributed by atoms with Crippen LogP contribution in [-0.4, -0.2) is 39.0 Å². The van der Waals surface area contributed by atoms with E-state index in [-0.39, 0.29) is 11.9 Å². The van der Waals surface area contributed by atoms with E-state index in [9.17, 15) is 4.39 Å². The van der Waals surface area contributed by atoms with Crippen LogP contribution in [-0.2, 0) is 13.0 Å².